The van der Waals surface area contributed by atoms with E-state index in [9.17, 15) is 15.0 Å². The first kappa shape index (κ1) is 22.2. The molecule has 3 rings (SSSR count). The Morgan fingerprint density at radius 3 is 2.83 bits per heavy atom. The smallest absolute Gasteiger partial charge is 0.163 e. The van der Waals surface area contributed by atoms with Gasteiger partial charge in [-0.15, -0.1) is 0 Å². The molecule has 0 radical (unpaired) electrons. The molecule has 0 aromatic heterocycles. The van der Waals surface area contributed by atoms with Gasteiger partial charge in [-0.05, 0) is 88.5 Å². The van der Waals surface area contributed by atoms with Crippen LogP contribution < -0.4 is 0 Å². The van der Waals surface area contributed by atoms with Gasteiger partial charge < -0.3 is 10.2 Å². The Bertz CT molecular complexity index is 746. The Labute approximate surface area is 176 Å². The minimum Gasteiger partial charge on any atom is -0.393 e. The van der Waals surface area contributed by atoms with Gasteiger partial charge in [0, 0.05) is 6.42 Å². The van der Waals surface area contributed by atoms with E-state index in [4.69, 9.17) is 0 Å². The van der Waals surface area contributed by atoms with Gasteiger partial charge in [-0.25, -0.2) is 0 Å². The maximum Gasteiger partial charge on any atom is 0.163 e. The van der Waals surface area contributed by atoms with Gasteiger partial charge in [-0.2, -0.15) is 0 Å². The number of Topliss-reactive ketones (excluding diaryl/α,β-unsaturated/α-hetero) is 1. The average Bonchev–Trinajstić information content (AvgIpc) is 2.98. The fourth-order valence-electron chi connectivity index (χ4n) is 5.43. The molecule has 0 bridgehead atoms. The molecule has 1 unspecified atom stereocenters. The Hall–Kier alpha value is -1.45. The van der Waals surface area contributed by atoms with Gasteiger partial charge in [0.1, 0.15) is 5.60 Å². The van der Waals surface area contributed by atoms with Gasteiger partial charge in [-0.3, -0.25) is 4.79 Å². The molecule has 2 fully saturated rings. The number of aliphatic hydroxyl groups excluding tert-OH is 1. The van der Waals surface area contributed by atoms with E-state index in [2.05, 4.69) is 31.7 Å². The van der Waals surface area contributed by atoms with Gasteiger partial charge in [0.2, 0.25) is 0 Å². The first-order valence-corrected chi connectivity index (χ1v) is 11.3. The van der Waals surface area contributed by atoms with Crippen LogP contribution in [0.1, 0.15) is 85.0 Å². The molecule has 0 heterocycles. The second-order valence-corrected chi connectivity index (χ2v) is 10.1. The van der Waals surface area contributed by atoms with E-state index in [1.54, 1.807) is 13.8 Å². The van der Waals surface area contributed by atoms with Gasteiger partial charge >= 0.3 is 0 Å². The molecule has 0 saturated heterocycles. The first-order chi connectivity index (χ1) is 13.6. The highest BCUT2D eigenvalue weighted by atomic mass is 16.3. The SMILES string of the molecule is C=C1CC[C@H](O)C/C1=C\C=C1/CCC[C@]2(C)C(CCCC(=O)C(C)(C)O)=CCC12. The summed E-state index contributed by atoms with van der Waals surface area (Å²) in [6, 6.07) is 0. The number of carbonyl (C=O) groups is 1. The highest BCUT2D eigenvalue weighted by molar-refractivity contribution is 5.86. The van der Waals surface area contributed by atoms with Crippen molar-refractivity contribution in [2.45, 2.75) is 96.7 Å². The van der Waals surface area contributed by atoms with Crippen molar-refractivity contribution in [3.63, 3.8) is 0 Å². The summed E-state index contributed by atoms with van der Waals surface area (Å²) >= 11 is 0. The number of hydrogen-bond donors (Lipinski definition) is 2. The second kappa shape index (κ2) is 8.73. The lowest BCUT2D eigenvalue weighted by Gasteiger charge is -2.41. The summed E-state index contributed by atoms with van der Waals surface area (Å²) < 4.78 is 0. The summed E-state index contributed by atoms with van der Waals surface area (Å²) in [5.41, 5.74) is 4.39. The molecule has 0 aromatic carbocycles. The highest BCUT2D eigenvalue weighted by Gasteiger charge is 2.44. The normalized spacial score (nSPS) is 33.1. The number of fused-ring (bicyclic) bond motifs is 1. The predicted octanol–water partition coefficient (Wildman–Crippen LogP) is 5.59. The molecule has 160 valence electrons. The summed E-state index contributed by atoms with van der Waals surface area (Å²) in [7, 11) is 0. The first-order valence-electron chi connectivity index (χ1n) is 11.3. The molecule has 2 saturated carbocycles. The van der Waals surface area contributed by atoms with E-state index in [-0.39, 0.29) is 17.3 Å². The molecule has 29 heavy (non-hydrogen) atoms. The Morgan fingerprint density at radius 1 is 1.34 bits per heavy atom. The lowest BCUT2D eigenvalue weighted by atomic mass is 9.63. The molecule has 0 amide bonds. The van der Waals surface area contributed by atoms with Crippen molar-refractivity contribution >= 4 is 5.78 Å². The van der Waals surface area contributed by atoms with Crippen LogP contribution in [0.5, 0.6) is 0 Å². The fourth-order valence-corrected chi connectivity index (χ4v) is 5.43. The number of hydrogen-bond acceptors (Lipinski definition) is 3. The zero-order valence-corrected chi connectivity index (χ0v) is 18.5. The van der Waals surface area contributed by atoms with Crippen molar-refractivity contribution in [1.29, 1.82) is 0 Å². The van der Waals surface area contributed by atoms with Crippen LogP contribution in [0, 0.1) is 11.3 Å². The van der Waals surface area contributed by atoms with E-state index >= 15 is 0 Å². The molecule has 0 aliphatic heterocycles. The monoisotopic (exact) mass is 398 g/mol. The number of carbonyl (C=O) groups excluding carboxylic acids is 1. The Morgan fingerprint density at radius 2 is 2.10 bits per heavy atom. The van der Waals surface area contributed by atoms with Crippen LogP contribution >= 0.6 is 0 Å². The number of allylic oxidation sites excluding steroid dienone is 6. The largest absolute Gasteiger partial charge is 0.393 e. The third-order valence-electron chi connectivity index (χ3n) is 7.43. The molecule has 0 spiro atoms. The number of rotatable bonds is 6. The zero-order valence-electron chi connectivity index (χ0n) is 18.5. The van der Waals surface area contributed by atoms with Crippen molar-refractivity contribution in [1.82, 2.24) is 0 Å². The van der Waals surface area contributed by atoms with Crippen LogP contribution in [0.3, 0.4) is 0 Å². The highest BCUT2D eigenvalue weighted by Crippen LogP contribution is 2.55. The van der Waals surface area contributed by atoms with Crippen LogP contribution in [0.25, 0.3) is 0 Å². The van der Waals surface area contributed by atoms with Gasteiger partial charge in [0.05, 0.1) is 6.10 Å². The lowest BCUT2D eigenvalue weighted by molar-refractivity contribution is -0.134. The molecular weight excluding hydrogens is 360 g/mol. The van der Waals surface area contributed by atoms with E-state index in [0.717, 1.165) is 44.9 Å². The standard InChI is InChI=1S/C26H38O3/c1-18-10-14-22(27)17-20(18)12-11-19-7-6-16-26(4)21(13-15-23(19)26)8-5-9-24(28)25(2,3)29/h11-13,22-23,27,29H,1,5-10,14-17H2,2-4H3/b19-11+,20-12+/t22-,23?,26+/m0/s1. The van der Waals surface area contributed by atoms with Gasteiger partial charge in [0.25, 0.3) is 0 Å². The van der Waals surface area contributed by atoms with Crippen molar-refractivity contribution in [2.24, 2.45) is 11.3 Å². The number of ketones is 1. The summed E-state index contributed by atoms with van der Waals surface area (Å²) in [5, 5.41) is 19.8. The van der Waals surface area contributed by atoms with E-state index < -0.39 is 5.60 Å². The molecule has 0 aromatic rings. The van der Waals surface area contributed by atoms with Crippen LogP contribution in [0.15, 0.2) is 47.1 Å². The van der Waals surface area contributed by atoms with Crippen molar-refractivity contribution < 1.29 is 15.0 Å². The average molecular weight is 399 g/mol. The van der Waals surface area contributed by atoms with E-state index in [0.29, 0.717) is 12.3 Å². The van der Waals surface area contributed by atoms with Crippen molar-refractivity contribution in [2.75, 3.05) is 0 Å². The minimum absolute atomic E-state index is 0.0662. The third kappa shape index (κ3) is 5.00. The molecule has 3 nitrogen and oxygen atoms in total. The number of aliphatic hydroxyl groups is 2. The van der Waals surface area contributed by atoms with Gasteiger partial charge in [0.15, 0.2) is 5.78 Å². The zero-order chi connectivity index (χ0) is 21.2. The fraction of sp³-hybridized carbons (Fsp3) is 0.654. The summed E-state index contributed by atoms with van der Waals surface area (Å²) in [6.07, 6.45) is 16.0. The van der Waals surface area contributed by atoms with Gasteiger partial charge in [-0.1, -0.05) is 48.5 Å². The quantitative estimate of drug-likeness (QED) is 0.574. The Kier molecular flexibility index (Phi) is 6.70. The summed E-state index contributed by atoms with van der Waals surface area (Å²) in [4.78, 5) is 12.0. The topological polar surface area (TPSA) is 57.5 Å². The summed E-state index contributed by atoms with van der Waals surface area (Å²) in [5.74, 6) is 0.485. The summed E-state index contributed by atoms with van der Waals surface area (Å²) in [6.45, 7) is 9.74. The lowest BCUT2D eigenvalue weighted by Crippen LogP contribution is -2.32. The van der Waals surface area contributed by atoms with Crippen LogP contribution in [-0.2, 0) is 4.79 Å². The minimum atomic E-state index is -1.22. The van der Waals surface area contributed by atoms with Crippen LogP contribution in [0.4, 0.5) is 0 Å². The molecule has 3 aliphatic rings. The van der Waals surface area contributed by atoms with Crippen molar-refractivity contribution in [3.8, 4) is 0 Å². The molecule has 3 atom stereocenters. The molecule has 3 aliphatic carbocycles. The second-order valence-electron chi connectivity index (χ2n) is 10.1. The molecular formula is C26H38O3. The van der Waals surface area contributed by atoms with Crippen LogP contribution in [0.2, 0.25) is 0 Å². The molecule has 2 N–H and O–H groups in total. The maximum atomic E-state index is 12.0. The van der Waals surface area contributed by atoms with Crippen LogP contribution in [-0.4, -0.2) is 27.7 Å². The van der Waals surface area contributed by atoms with E-state index in [1.807, 2.05) is 0 Å². The predicted molar refractivity (Wildman–Crippen MR) is 118 cm³/mol. The van der Waals surface area contributed by atoms with E-state index in [1.165, 1.54) is 35.1 Å². The van der Waals surface area contributed by atoms with Crippen molar-refractivity contribution in [3.05, 3.63) is 47.1 Å². The Balaban J connectivity index is 1.66. The third-order valence-corrected chi connectivity index (χ3v) is 7.43. The molecule has 3 heteroatoms. The maximum absolute atomic E-state index is 12.0.